The number of benzene rings is 2. The molecule has 0 bridgehead atoms. The van der Waals surface area contributed by atoms with Crippen LogP contribution in [-0.4, -0.2) is 33.0 Å². The van der Waals surface area contributed by atoms with Crippen molar-refractivity contribution < 1.29 is 4.48 Å². The van der Waals surface area contributed by atoms with E-state index in [2.05, 4.69) is 81.7 Å². The molecule has 0 aromatic heterocycles. The van der Waals surface area contributed by atoms with Crippen LogP contribution in [0.25, 0.3) is 0 Å². The van der Waals surface area contributed by atoms with Crippen LogP contribution in [0.4, 0.5) is 0 Å². The summed E-state index contributed by atoms with van der Waals surface area (Å²) in [6.45, 7) is 4.75. The summed E-state index contributed by atoms with van der Waals surface area (Å²) < 4.78 is 1.11. The maximum absolute atomic E-state index is 2.37. The molecule has 2 heteroatoms. The van der Waals surface area contributed by atoms with E-state index in [0.717, 1.165) is 11.0 Å². The number of nitrogens with zero attached hydrogens (tertiary/aromatic N) is 1. The molecule has 35 heavy (non-hydrogen) atoms. The average Bonchev–Trinajstić information content (AvgIpc) is 2.85. The highest BCUT2D eigenvalue weighted by atomic mass is 15.3. The van der Waals surface area contributed by atoms with Crippen molar-refractivity contribution in [2.45, 2.75) is 116 Å². The van der Waals surface area contributed by atoms with E-state index in [9.17, 15) is 0 Å². The topological polar surface area (TPSA) is 0 Å². The summed E-state index contributed by atoms with van der Waals surface area (Å²) in [5.41, 5.74) is 3.03. The Labute approximate surface area is 220 Å². The van der Waals surface area contributed by atoms with Gasteiger partial charge in [-0.3, -0.25) is 0 Å². The second-order valence-electron chi connectivity index (χ2n) is 10.7. The zero-order valence-electron chi connectivity index (χ0n) is 22.9. The van der Waals surface area contributed by atoms with Gasteiger partial charge in [0.1, 0.15) is 6.54 Å². The first-order valence-corrected chi connectivity index (χ1v) is 14.4. The molecule has 0 saturated heterocycles. The molecule has 0 saturated carbocycles. The van der Waals surface area contributed by atoms with E-state index in [1.165, 1.54) is 115 Å². The third kappa shape index (κ3) is 20.4. The molecule has 198 valence electrons. The van der Waals surface area contributed by atoms with Crippen LogP contribution in [0.1, 0.15) is 115 Å². The summed E-state index contributed by atoms with van der Waals surface area (Å²) in [5.74, 6) is 0. The van der Waals surface area contributed by atoms with Gasteiger partial charge in [0.15, 0.2) is 0 Å². The zero-order chi connectivity index (χ0) is 25.5. The van der Waals surface area contributed by atoms with Gasteiger partial charge >= 0.3 is 0 Å². The number of hydrogen-bond acceptors (Lipinski definition) is 0. The second-order valence-corrected chi connectivity index (χ2v) is 10.7. The van der Waals surface area contributed by atoms with Gasteiger partial charge in [-0.15, -0.1) is 0 Å². The lowest BCUT2D eigenvalue weighted by Crippen LogP contribution is -2.39. The molecular formula is C33H58BN. The molecule has 0 aliphatic rings. The van der Waals surface area contributed by atoms with Crippen LogP contribution in [0, 0.1) is 0 Å². The molecule has 0 fully saturated rings. The van der Waals surface area contributed by atoms with Gasteiger partial charge in [-0.1, -0.05) is 157 Å². The fourth-order valence-corrected chi connectivity index (χ4v) is 4.59. The Kier molecular flexibility index (Phi) is 19.5. The Morgan fingerprint density at radius 2 is 0.886 bits per heavy atom. The minimum Gasteiger partial charge on any atom is -0.325 e. The Hall–Kier alpha value is -1.54. The van der Waals surface area contributed by atoms with Crippen molar-refractivity contribution >= 4 is 13.3 Å². The first-order chi connectivity index (χ1) is 17.0. The van der Waals surface area contributed by atoms with Crippen molar-refractivity contribution in [3.05, 3.63) is 66.2 Å². The average molecular weight is 480 g/mol. The monoisotopic (exact) mass is 479 g/mol. The van der Waals surface area contributed by atoms with E-state index in [0.29, 0.717) is 7.85 Å². The maximum atomic E-state index is 2.37. The SMILES string of the molecule is CCCCCCCCCCCCCCCCCC[N+](C)(C)Cc1ccccc1.[BH3-]c1ccccc1. The first kappa shape index (κ1) is 31.5. The van der Waals surface area contributed by atoms with Crippen LogP contribution < -0.4 is 5.46 Å². The molecule has 1 nitrogen and oxygen atoms in total. The Morgan fingerprint density at radius 1 is 0.514 bits per heavy atom. The van der Waals surface area contributed by atoms with Gasteiger partial charge in [0.2, 0.25) is 0 Å². The molecule has 0 heterocycles. The lowest BCUT2D eigenvalue weighted by Gasteiger charge is -2.30. The van der Waals surface area contributed by atoms with Gasteiger partial charge in [-0.25, -0.2) is 5.46 Å². The summed E-state index contributed by atoms with van der Waals surface area (Å²) >= 11 is 0. The van der Waals surface area contributed by atoms with Gasteiger partial charge < -0.3 is 4.48 Å². The molecule has 0 aliphatic heterocycles. The molecule has 0 aliphatic carbocycles. The number of hydrogen-bond donors (Lipinski definition) is 0. The molecule has 2 rings (SSSR count). The fraction of sp³-hybridized carbons (Fsp3) is 0.636. The van der Waals surface area contributed by atoms with E-state index in [1.54, 1.807) is 5.46 Å². The van der Waals surface area contributed by atoms with Gasteiger partial charge in [-0.2, -0.15) is 0 Å². The van der Waals surface area contributed by atoms with E-state index >= 15 is 0 Å². The molecule has 0 unspecified atom stereocenters. The summed E-state index contributed by atoms with van der Waals surface area (Å²) in [5, 5.41) is 0. The summed E-state index contributed by atoms with van der Waals surface area (Å²) in [7, 11) is 5.19. The third-order valence-electron chi connectivity index (χ3n) is 6.68. The number of unbranched alkanes of at least 4 members (excludes halogenated alkanes) is 15. The molecule has 0 N–H and O–H groups in total. The van der Waals surface area contributed by atoms with Crippen LogP contribution in [0.3, 0.4) is 0 Å². The van der Waals surface area contributed by atoms with E-state index in [4.69, 9.17) is 0 Å². The Bertz CT molecular complexity index is 683. The van der Waals surface area contributed by atoms with Crippen LogP contribution >= 0.6 is 0 Å². The normalized spacial score (nSPS) is 11.2. The smallest absolute Gasteiger partial charge is 0.104 e. The van der Waals surface area contributed by atoms with Gasteiger partial charge in [0.05, 0.1) is 20.6 Å². The van der Waals surface area contributed by atoms with E-state index in [-0.39, 0.29) is 0 Å². The predicted octanol–water partition coefficient (Wildman–Crippen LogP) is 8.20. The Balaban J connectivity index is 0.000000744. The first-order valence-electron chi connectivity index (χ1n) is 14.4. The second kappa shape index (κ2) is 21.7. The maximum Gasteiger partial charge on any atom is 0.104 e. The van der Waals surface area contributed by atoms with Crippen LogP contribution in [0.2, 0.25) is 0 Å². The van der Waals surface area contributed by atoms with Gasteiger partial charge in [-0.05, 0) is 20.7 Å². The summed E-state index contributed by atoms with van der Waals surface area (Å²) in [4.78, 5) is 0. The minimum absolute atomic E-state index is 0.446. The lowest BCUT2D eigenvalue weighted by molar-refractivity contribution is -0.903. The summed E-state index contributed by atoms with van der Waals surface area (Å²) in [6.07, 6.45) is 23.2. The standard InChI is InChI=1S/C27H50N.C6H8B/c1-4-5-6-7-8-9-10-11-12-13-14-15-16-17-18-22-25-28(2,3)26-27-23-20-19-21-24-27;7-6-4-2-1-3-5-6/h19-21,23-24H,4-18,22,25-26H2,1-3H3;1-5H,7H3/q+1;-1. The van der Waals surface area contributed by atoms with E-state index < -0.39 is 0 Å². The third-order valence-corrected chi connectivity index (χ3v) is 6.68. The van der Waals surface area contributed by atoms with Crippen LogP contribution in [0.15, 0.2) is 60.7 Å². The van der Waals surface area contributed by atoms with E-state index in [1.807, 2.05) is 0 Å². The van der Waals surface area contributed by atoms with Crippen molar-refractivity contribution in [1.29, 1.82) is 0 Å². The number of rotatable bonds is 19. The minimum atomic E-state index is 0.446. The molecular weight excluding hydrogens is 421 g/mol. The van der Waals surface area contributed by atoms with Crippen LogP contribution in [0.5, 0.6) is 0 Å². The van der Waals surface area contributed by atoms with Crippen molar-refractivity contribution in [1.82, 2.24) is 0 Å². The number of quaternary nitrogens is 1. The largest absolute Gasteiger partial charge is 0.325 e. The molecule has 2 aromatic rings. The van der Waals surface area contributed by atoms with Gasteiger partial charge in [0, 0.05) is 5.56 Å². The highest BCUT2D eigenvalue weighted by molar-refractivity contribution is 6.32. The molecule has 0 spiro atoms. The van der Waals surface area contributed by atoms with Crippen molar-refractivity contribution in [3.63, 3.8) is 0 Å². The van der Waals surface area contributed by atoms with Crippen molar-refractivity contribution in [3.8, 4) is 0 Å². The van der Waals surface area contributed by atoms with Gasteiger partial charge in [0.25, 0.3) is 0 Å². The highest BCUT2D eigenvalue weighted by Gasteiger charge is 2.14. The van der Waals surface area contributed by atoms with Crippen molar-refractivity contribution in [2.24, 2.45) is 0 Å². The zero-order valence-corrected chi connectivity index (χ0v) is 22.9. The molecule has 2 aromatic carbocycles. The summed E-state index contributed by atoms with van der Waals surface area (Å²) in [6, 6.07) is 21.6. The molecule has 0 amide bonds. The molecule has 0 radical (unpaired) electrons. The fourth-order valence-electron chi connectivity index (χ4n) is 4.59. The van der Waals surface area contributed by atoms with Crippen LogP contribution in [-0.2, 0) is 6.54 Å². The lowest BCUT2D eigenvalue weighted by atomic mass is 9.97. The molecule has 0 atom stereocenters. The Morgan fingerprint density at radius 3 is 1.26 bits per heavy atom. The predicted molar refractivity (Wildman–Crippen MR) is 163 cm³/mol. The van der Waals surface area contributed by atoms with Crippen molar-refractivity contribution in [2.75, 3.05) is 20.6 Å². The quantitative estimate of drug-likeness (QED) is 0.108. The highest BCUT2D eigenvalue weighted by Crippen LogP contribution is 2.15.